The normalized spacial score (nSPS) is 11.4. The topological polar surface area (TPSA) is 67.3 Å². The Morgan fingerprint density at radius 2 is 2.06 bits per heavy atom. The van der Waals surface area contributed by atoms with Crippen LogP contribution in [0.4, 0.5) is 0 Å². The maximum absolute atomic E-state index is 9.66. The molecule has 92 valence electrons. The van der Waals surface area contributed by atoms with Gasteiger partial charge in [0.1, 0.15) is 17.3 Å². The fourth-order valence-electron chi connectivity index (χ4n) is 1.31. The Kier molecular flexibility index (Phi) is 3.76. The van der Waals surface area contributed by atoms with Gasteiger partial charge in [-0.05, 0) is 24.3 Å². The van der Waals surface area contributed by atoms with E-state index < -0.39 is 0 Å². The molecule has 0 unspecified atom stereocenters. The zero-order valence-corrected chi connectivity index (χ0v) is 9.78. The van der Waals surface area contributed by atoms with Crippen molar-refractivity contribution in [2.75, 3.05) is 7.11 Å². The molecule has 18 heavy (non-hydrogen) atoms. The first-order chi connectivity index (χ1) is 8.79. The van der Waals surface area contributed by atoms with Gasteiger partial charge in [-0.15, -0.1) is 0 Å². The van der Waals surface area contributed by atoms with Crippen LogP contribution in [-0.2, 0) is 0 Å². The van der Waals surface area contributed by atoms with Crippen molar-refractivity contribution in [2.24, 2.45) is 10.2 Å². The Morgan fingerprint density at radius 3 is 2.72 bits per heavy atom. The van der Waals surface area contributed by atoms with Crippen LogP contribution in [0.3, 0.4) is 0 Å². The van der Waals surface area contributed by atoms with Gasteiger partial charge in [-0.1, -0.05) is 0 Å². The molecule has 0 aliphatic heterocycles. The van der Waals surface area contributed by atoms with Gasteiger partial charge in [-0.3, -0.25) is 0 Å². The van der Waals surface area contributed by atoms with E-state index in [0.29, 0.717) is 17.1 Å². The number of hydrogen-bond donors (Lipinski definition) is 1. The first-order valence-corrected chi connectivity index (χ1v) is 5.26. The van der Waals surface area contributed by atoms with Crippen LogP contribution in [0.15, 0.2) is 51.2 Å². The van der Waals surface area contributed by atoms with Crippen LogP contribution in [0.2, 0.25) is 0 Å². The molecule has 0 bridgehead atoms. The molecule has 0 aliphatic rings. The summed E-state index contributed by atoms with van der Waals surface area (Å²) in [5.41, 5.74) is 0.562. The molecular weight excluding hydrogens is 232 g/mol. The van der Waals surface area contributed by atoms with E-state index in [4.69, 9.17) is 9.15 Å². The van der Waals surface area contributed by atoms with Gasteiger partial charge in [-0.25, -0.2) is 0 Å². The zero-order chi connectivity index (χ0) is 12.8. The quantitative estimate of drug-likeness (QED) is 0.663. The third-order valence-corrected chi connectivity index (χ3v) is 2.23. The van der Waals surface area contributed by atoms with E-state index in [9.17, 15) is 5.11 Å². The van der Waals surface area contributed by atoms with E-state index in [1.807, 2.05) is 0 Å². The lowest BCUT2D eigenvalue weighted by atomic mass is 10.2. The second kappa shape index (κ2) is 5.67. The number of rotatable bonds is 4. The second-order valence-electron chi connectivity index (χ2n) is 3.43. The highest BCUT2D eigenvalue weighted by Gasteiger charge is 1.99. The number of phenolic OH excluding ortho intramolecular Hbond substituents is 1. The van der Waals surface area contributed by atoms with Crippen molar-refractivity contribution < 1.29 is 14.3 Å². The highest BCUT2D eigenvalue weighted by atomic mass is 16.5. The molecule has 2 rings (SSSR count). The number of hydrogen-bond acceptors (Lipinski definition) is 5. The summed E-state index contributed by atoms with van der Waals surface area (Å²) in [4.78, 5) is 0. The van der Waals surface area contributed by atoms with Gasteiger partial charge < -0.3 is 14.3 Å². The van der Waals surface area contributed by atoms with E-state index in [1.165, 1.54) is 25.6 Å². The van der Waals surface area contributed by atoms with E-state index in [-0.39, 0.29) is 5.75 Å². The Labute approximate surface area is 104 Å². The van der Waals surface area contributed by atoms with E-state index in [1.54, 1.807) is 30.5 Å². The monoisotopic (exact) mass is 244 g/mol. The van der Waals surface area contributed by atoms with Crippen LogP contribution < -0.4 is 4.74 Å². The molecule has 1 aromatic heterocycles. The molecule has 0 spiro atoms. The summed E-state index contributed by atoms with van der Waals surface area (Å²) < 4.78 is 10.0. The molecule has 0 aliphatic carbocycles. The maximum Gasteiger partial charge on any atom is 0.146 e. The summed E-state index contributed by atoms with van der Waals surface area (Å²) in [5.74, 6) is 1.29. The van der Waals surface area contributed by atoms with E-state index >= 15 is 0 Å². The molecule has 1 heterocycles. The molecule has 5 heteroatoms. The molecule has 0 amide bonds. The molecule has 0 atom stereocenters. The molecule has 0 saturated carbocycles. The predicted octanol–water partition coefficient (Wildman–Crippen LogP) is 2.45. The summed E-state index contributed by atoms with van der Waals surface area (Å²) in [7, 11) is 1.54. The molecule has 5 nitrogen and oxygen atoms in total. The Morgan fingerprint density at radius 1 is 1.22 bits per heavy atom. The SMILES string of the molecule is COc1ccc(/C=N\N=C\c2ccco2)c(O)c1. The van der Waals surface area contributed by atoms with E-state index in [2.05, 4.69) is 10.2 Å². The minimum Gasteiger partial charge on any atom is -0.507 e. The fraction of sp³-hybridized carbons (Fsp3) is 0.0769. The van der Waals surface area contributed by atoms with Gasteiger partial charge in [0.25, 0.3) is 0 Å². The second-order valence-corrected chi connectivity index (χ2v) is 3.43. The lowest BCUT2D eigenvalue weighted by Gasteiger charge is -2.01. The average molecular weight is 244 g/mol. The highest BCUT2D eigenvalue weighted by molar-refractivity contribution is 5.84. The Bertz CT molecular complexity index is 560. The number of nitrogens with zero attached hydrogens (tertiary/aromatic N) is 2. The first kappa shape index (κ1) is 11.9. The van der Waals surface area contributed by atoms with Crippen molar-refractivity contribution in [1.82, 2.24) is 0 Å². The number of aromatic hydroxyl groups is 1. The number of benzene rings is 1. The van der Waals surface area contributed by atoms with Crippen molar-refractivity contribution in [1.29, 1.82) is 0 Å². The van der Waals surface area contributed by atoms with Crippen molar-refractivity contribution >= 4 is 12.4 Å². The molecule has 2 aromatic rings. The lowest BCUT2D eigenvalue weighted by molar-refractivity contribution is 0.407. The Hall–Kier alpha value is -2.56. The number of methoxy groups -OCH3 is 1. The average Bonchev–Trinajstić information content (AvgIpc) is 2.89. The van der Waals surface area contributed by atoms with Crippen molar-refractivity contribution in [2.45, 2.75) is 0 Å². The van der Waals surface area contributed by atoms with Gasteiger partial charge in [0.15, 0.2) is 0 Å². The third kappa shape index (κ3) is 2.98. The molecular formula is C13H12N2O3. The minimum absolute atomic E-state index is 0.0892. The van der Waals surface area contributed by atoms with Crippen molar-refractivity contribution in [3.8, 4) is 11.5 Å². The lowest BCUT2D eigenvalue weighted by Crippen LogP contribution is -1.86. The first-order valence-electron chi connectivity index (χ1n) is 5.26. The standard InChI is InChI=1S/C13H12N2O3/c1-17-11-5-4-10(13(16)7-11)8-14-15-9-12-3-2-6-18-12/h2-9,16H,1H3/b14-8-,15-9+. The fourth-order valence-corrected chi connectivity index (χ4v) is 1.31. The van der Waals surface area contributed by atoms with Crippen LogP contribution >= 0.6 is 0 Å². The summed E-state index contributed by atoms with van der Waals surface area (Å²) in [5, 5.41) is 17.3. The van der Waals surface area contributed by atoms with Gasteiger partial charge in [0.05, 0.1) is 25.8 Å². The summed E-state index contributed by atoms with van der Waals surface area (Å²) in [6.45, 7) is 0. The number of furan rings is 1. The molecule has 0 fully saturated rings. The summed E-state index contributed by atoms with van der Waals surface area (Å²) in [6.07, 6.45) is 4.49. The van der Waals surface area contributed by atoms with Crippen LogP contribution in [0.1, 0.15) is 11.3 Å². The molecule has 1 aromatic carbocycles. The summed E-state index contributed by atoms with van der Waals surface area (Å²) >= 11 is 0. The van der Waals surface area contributed by atoms with Gasteiger partial charge in [-0.2, -0.15) is 10.2 Å². The highest BCUT2D eigenvalue weighted by Crippen LogP contribution is 2.21. The van der Waals surface area contributed by atoms with Crippen LogP contribution in [-0.4, -0.2) is 24.6 Å². The molecule has 1 N–H and O–H groups in total. The van der Waals surface area contributed by atoms with Gasteiger partial charge in [0, 0.05) is 11.6 Å². The smallest absolute Gasteiger partial charge is 0.146 e. The van der Waals surface area contributed by atoms with Gasteiger partial charge in [0.2, 0.25) is 0 Å². The number of ether oxygens (including phenoxy) is 1. The zero-order valence-electron chi connectivity index (χ0n) is 9.78. The minimum atomic E-state index is 0.0892. The molecule has 0 radical (unpaired) electrons. The maximum atomic E-state index is 9.66. The van der Waals surface area contributed by atoms with Crippen molar-refractivity contribution in [3.05, 3.63) is 47.9 Å². The van der Waals surface area contributed by atoms with Gasteiger partial charge >= 0.3 is 0 Å². The van der Waals surface area contributed by atoms with E-state index in [0.717, 1.165) is 0 Å². The predicted molar refractivity (Wildman–Crippen MR) is 68.6 cm³/mol. The van der Waals surface area contributed by atoms with Crippen molar-refractivity contribution in [3.63, 3.8) is 0 Å². The van der Waals surface area contributed by atoms with Crippen LogP contribution in [0.5, 0.6) is 11.5 Å². The van der Waals surface area contributed by atoms with Crippen LogP contribution in [0, 0.1) is 0 Å². The number of phenols is 1. The largest absolute Gasteiger partial charge is 0.507 e. The third-order valence-electron chi connectivity index (χ3n) is 2.23. The summed E-state index contributed by atoms with van der Waals surface area (Å²) in [6, 6.07) is 8.47. The molecule has 0 saturated heterocycles. The van der Waals surface area contributed by atoms with Crippen LogP contribution in [0.25, 0.3) is 0 Å². The Balaban J connectivity index is 2.05.